The number of hydrogen-bond acceptors (Lipinski definition) is 5. The van der Waals surface area contributed by atoms with Crippen LogP contribution in [0.4, 0.5) is 5.82 Å². The highest BCUT2D eigenvalue weighted by atomic mass is 16.5. The molecule has 0 fully saturated rings. The smallest absolute Gasteiger partial charge is 0.253 e. The Morgan fingerprint density at radius 3 is 2.65 bits per heavy atom. The maximum atomic E-state index is 12.1. The summed E-state index contributed by atoms with van der Waals surface area (Å²) in [6.45, 7) is 1.11. The molecular weight excluding hydrogens is 330 g/mol. The Morgan fingerprint density at radius 1 is 1.15 bits per heavy atom. The number of carbonyl (C=O) groups is 1. The minimum Gasteiger partial charge on any atom is -0.497 e. The van der Waals surface area contributed by atoms with Crippen molar-refractivity contribution in [3.8, 4) is 5.75 Å². The molecule has 0 saturated heterocycles. The lowest BCUT2D eigenvalue weighted by atomic mass is 10.1. The van der Waals surface area contributed by atoms with Crippen molar-refractivity contribution in [2.45, 2.75) is 13.0 Å². The number of hydrogen-bond donors (Lipinski definition) is 2. The maximum absolute atomic E-state index is 12.1. The van der Waals surface area contributed by atoms with Crippen LogP contribution in [0.15, 0.2) is 65.4 Å². The van der Waals surface area contributed by atoms with Crippen molar-refractivity contribution in [2.24, 2.45) is 0 Å². The number of nitrogens with one attached hydrogen (secondary N) is 2. The topological polar surface area (TPSA) is 76.4 Å². The van der Waals surface area contributed by atoms with E-state index in [0.29, 0.717) is 17.9 Å². The summed E-state index contributed by atoms with van der Waals surface area (Å²) in [5, 5.41) is 6.04. The van der Waals surface area contributed by atoms with E-state index in [1.807, 2.05) is 30.3 Å². The molecule has 6 nitrogen and oxygen atoms in total. The lowest BCUT2D eigenvalue weighted by Gasteiger charge is -2.08. The highest BCUT2D eigenvalue weighted by Crippen LogP contribution is 2.12. The first-order valence-corrected chi connectivity index (χ1v) is 8.38. The van der Waals surface area contributed by atoms with Crippen LogP contribution >= 0.6 is 0 Å². The molecule has 0 radical (unpaired) electrons. The second kappa shape index (κ2) is 8.71. The second-order valence-corrected chi connectivity index (χ2v) is 5.72. The van der Waals surface area contributed by atoms with E-state index in [-0.39, 0.29) is 5.91 Å². The fourth-order valence-electron chi connectivity index (χ4n) is 2.44. The number of aromatic nitrogens is 1. The molecule has 0 spiro atoms. The van der Waals surface area contributed by atoms with Gasteiger partial charge in [0.15, 0.2) is 0 Å². The van der Waals surface area contributed by atoms with Crippen LogP contribution in [0.25, 0.3) is 0 Å². The minimum absolute atomic E-state index is 0.182. The fraction of sp³-hybridized carbons (Fsp3) is 0.200. The zero-order valence-electron chi connectivity index (χ0n) is 14.6. The molecule has 3 rings (SSSR count). The van der Waals surface area contributed by atoms with E-state index in [9.17, 15) is 4.79 Å². The van der Waals surface area contributed by atoms with Crippen molar-refractivity contribution in [3.05, 3.63) is 77.9 Å². The van der Waals surface area contributed by atoms with E-state index < -0.39 is 0 Å². The van der Waals surface area contributed by atoms with Gasteiger partial charge < -0.3 is 19.8 Å². The number of carbonyl (C=O) groups excluding carboxylic acids is 1. The van der Waals surface area contributed by atoms with E-state index in [1.165, 1.54) is 5.56 Å². The van der Waals surface area contributed by atoms with Crippen LogP contribution in [-0.2, 0) is 13.0 Å². The normalized spacial score (nSPS) is 10.3. The van der Waals surface area contributed by atoms with Crippen LogP contribution in [-0.4, -0.2) is 24.5 Å². The van der Waals surface area contributed by atoms with Crippen molar-refractivity contribution >= 4 is 11.7 Å². The molecule has 2 heterocycles. The van der Waals surface area contributed by atoms with Crippen molar-refractivity contribution in [2.75, 3.05) is 19.0 Å². The largest absolute Gasteiger partial charge is 0.497 e. The second-order valence-electron chi connectivity index (χ2n) is 5.72. The quantitative estimate of drug-likeness (QED) is 0.651. The van der Waals surface area contributed by atoms with Crippen molar-refractivity contribution in [3.63, 3.8) is 0 Å². The Hall–Kier alpha value is -3.28. The van der Waals surface area contributed by atoms with Gasteiger partial charge in [0.1, 0.15) is 17.3 Å². The van der Waals surface area contributed by atoms with Gasteiger partial charge in [-0.3, -0.25) is 4.79 Å². The Morgan fingerprint density at radius 2 is 2.00 bits per heavy atom. The molecular formula is C20H21N3O3. The predicted octanol–water partition coefficient (Wildman–Crippen LogP) is 3.27. The zero-order chi connectivity index (χ0) is 18.2. The number of amides is 1. The summed E-state index contributed by atoms with van der Waals surface area (Å²) in [4.78, 5) is 16.4. The number of ether oxygens (including phenoxy) is 1. The number of benzene rings is 1. The van der Waals surface area contributed by atoms with E-state index in [0.717, 1.165) is 24.5 Å². The van der Waals surface area contributed by atoms with Crippen molar-refractivity contribution in [1.29, 1.82) is 0 Å². The fourth-order valence-corrected chi connectivity index (χ4v) is 2.44. The first-order valence-electron chi connectivity index (χ1n) is 8.38. The van der Waals surface area contributed by atoms with Gasteiger partial charge in [-0.15, -0.1) is 0 Å². The minimum atomic E-state index is -0.182. The molecule has 2 aromatic heterocycles. The van der Waals surface area contributed by atoms with E-state index in [4.69, 9.17) is 9.15 Å². The summed E-state index contributed by atoms with van der Waals surface area (Å²) in [5.41, 5.74) is 1.73. The molecule has 0 bridgehead atoms. The van der Waals surface area contributed by atoms with Crippen LogP contribution in [0.3, 0.4) is 0 Å². The molecule has 0 aliphatic rings. The summed E-state index contributed by atoms with van der Waals surface area (Å²) in [6.07, 6.45) is 4.01. The molecule has 0 aliphatic heterocycles. The Bertz CT molecular complexity index is 813. The van der Waals surface area contributed by atoms with E-state index in [1.54, 1.807) is 37.8 Å². The summed E-state index contributed by atoms with van der Waals surface area (Å²) in [5.74, 6) is 2.12. The van der Waals surface area contributed by atoms with Crippen molar-refractivity contribution in [1.82, 2.24) is 10.3 Å². The molecule has 0 atom stereocenters. The van der Waals surface area contributed by atoms with Gasteiger partial charge in [0.25, 0.3) is 5.91 Å². The third-order valence-corrected chi connectivity index (χ3v) is 3.91. The molecule has 1 amide bonds. The lowest BCUT2D eigenvalue weighted by molar-refractivity contribution is 0.0947. The first kappa shape index (κ1) is 17.5. The first-order chi connectivity index (χ1) is 12.7. The number of rotatable bonds is 8. The molecule has 1 aromatic carbocycles. The van der Waals surface area contributed by atoms with Gasteiger partial charge in [0, 0.05) is 12.7 Å². The van der Waals surface area contributed by atoms with Crippen LogP contribution in [0.5, 0.6) is 5.75 Å². The van der Waals surface area contributed by atoms with Gasteiger partial charge in [0.2, 0.25) is 0 Å². The van der Waals surface area contributed by atoms with Gasteiger partial charge in [-0.25, -0.2) is 4.98 Å². The van der Waals surface area contributed by atoms with Crippen LogP contribution in [0.2, 0.25) is 0 Å². The SMILES string of the molecule is COc1ccc(CCNc2ccc(C(=O)NCc3ccco3)cn2)cc1. The number of anilines is 1. The van der Waals surface area contributed by atoms with E-state index in [2.05, 4.69) is 15.6 Å². The molecule has 26 heavy (non-hydrogen) atoms. The van der Waals surface area contributed by atoms with Gasteiger partial charge in [-0.05, 0) is 48.4 Å². The van der Waals surface area contributed by atoms with Gasteiger partial charge in [-0.1, -0.05) is 12.1 Å². The van der Waals surface area contributed by atoms with Gasteiger partial charge >= 0.3 is 0 Å². The Labute approximate surface area is 152 Å². The Balaban J connectivity index is 1.45. The predicted molar refractivity (Wildman–Crippen MR) is 99.3 cm³/mol. The lowest BCUT2D eigenvalue weighted by Crippen LogP contribution is -2.22. The Kier molecular flexibility index (Phi) is 5.88. The molecule has 3 aromatic rings. The van der Waals surface area contributed by atoms with Gasteiger partial charge in [-0.2, -0.15) is 0 Å². The third kappa shape index (κ3) is 4.86. The number of methoxy groups -OCH3 is 1. The standard InChI is InChI=1S/C20H21N3O3/c1-25-17-7-4-15(5-8-17)10-11-21-19-9-6-16(13-22-19)20(24)23-14-18-3-2-12-26-18/h2-9,12-13H,10-11,14H2,1H3,(H,21,22)(H,23,24). The maximum Gasteiger partial charge on any atom is 0.253 e. The highest BCUT2D eigenvalue weighted by molar-refractivity contribution is 5.93. The monoisotopic (exact) mass is 351 g/mol. The number of nitrogens with zero attached hydrogens (tertiary/aromatic N) is 1. The third-order valence-electron chi connectivity index (χ3n) is 3.91. The molecule has 2 N–H and O–H groups in total. The zero-order valence-corrected chi connectivity index (χ0v) is 14.6. The summed E-state index contributed by atoms with van der Waals surface area (Å²) in [7, 11) is 1.66. The molecule has 0 aliphatic carbocycles. The molecule has 134 valence electrons. The number of furan rings is 1. The van der Waals surface area contributed by atoms with Crippen LogP contribution in [0.1, 0.15) is 21.7 Å². The summed E-state index contributed by atoms with van der Waals surface area (Å²) in [6, 6.07) is 15.1. The highest BCUT2D eigenvalue weighted by Gasteiger charge is 2.07. The van der Waals surface area contributed by atoms with Crippen molar-refractivity contribution < 1.29 is 13.9 Å². The summed E-state index contributed by atoms with van der Waals surface area (Å²) < 4.78 is 10.3. The molecule has 6 heteroatoms. The van der Waals surface area contributed by atoms with Crippen LogP contribution < -0.4 is 15.4 Å². The van der Waals surface area contributed by atoms with Gasteiger partial charge in [0.05, 0.1) is 25.5 Å². The average Bonchev–Trinajstić information content (AvgIpc) is 3.21. The average molecular weight is 351 g/mol. The van der Waals surface area contributed by atoms with E-state index >= 15 is 0 Å². The van der Waals surface area contributed by atoms with Crippen LogP contribution in [0, 0.1) is 0 Å². The molecule has 0 unspecified atom stereocenters. The summed E-state index contributed by atoms with van der Waals surface area (Å²) >= 11 is 0. The molecule has 0 saturated carbocycles. The number of pyridine rings is 1.